The zero-order chi connectivity index (χ0) is 19.6. The first-order chi connectivity index (χ1) is 12.9. The summed E-state index contributed by atoms with van der Waals surface area (Å²) in [5, 5.41) is 10.5. The van der Waals surface area contributed by atoms with Gasteiger partial charge in [-0.05, 0) is 51.7 Å². The van der Waals surface area contributed by atoms with E-state index in [0.29, 0.717) is 6.54 Å². The first-order valence-electron chi connectivity index (χ1n) is 8.93. The van der Waals surface area contributed by atoms with Gasteiger partial charge >= 0.3 is 0 Å². The predicted molar refractivity (Wildman–Crippen MR) is 101 cm³/mol. The van der Waals surface area contributed by atoms with Gasteiger partial charge in [0.25, 0.3) is 5.91 Å². The SMILES string of the molecule is Cc1ccc([C@H]2C(C(=O)c3ccco3)=C(O)C(=O)N2CCCN(C)C)cc1. The Bertz CT molecular complexity index is 851. The normalized spacial score (nSPS) is 17.3. The number of ketones is 1. The van der Waals surface area contributed by atoms with Crippen molar-refractivity contribution in [1.82, 2.24) is 9.80 Å². The molecule has 0 spiro atoms. The quantitative estimate of drug-likeness (QED) is 0.760. The summed E-state index contributed by atoms with van der Waals surface area (Å²) in [5.74, 6) is -1.37. The van der Waals surface area contributed by atoms with E-state index in [0.717, 1.165) is 24.1 Å². The molecule has 142 valence electrons. The number of aliphatic hydroxyl groups is 1. The summed E-state index contributed by atoms with van der Waals surface area (Å²) in [5.41, 5.74) is 1.94. The van der Waals surface area contributed by atoms with Crippen molar-refractivity contribution in [2.24, 2.45) is 0 Å². The molecule has 0 aliphatic carbocycles. The van der Waals surface area contributed by atoms with Crippen LogP contribution in [0.1, 0.15) is 34.1 Å². The van der Waals surface area contributed by atoms with Gasteiger partial charge < -0.3 is 19.3 Å². The second-order valence-electron chi connectivity index (χ2n) is 7.04. The fourth-order valence-electron chi connectivity index (χ4n) is 3.31. The minimum absolute atomic E-state index is 0.0728. The molecule has 0 saturated carbocycles. The molecule has 1 aliphatic heterocycles. The van der Waals surface area contributed by atoms with Gasteiger partial charge in [0.2, 0.25) is 5.78 Å². The molecule has 6 nitrogen and oxygen atoms in total. The number of aliphatic hydroxyl groups excluding tert-OH is 1. The van der Waals surface area contributed by atoms with Gasteiger partial charge in [0, 0.05) is 6.54 Å². The van der Waals surface area contributed by atoms with Gasteiger partial charge in [0.1, 0.15) is 0 Å². The van der Waals surface area contributed by atoms with Gasteiger partial charge in [-0.25, -0.2) is 0 Å². The highest BCUT2D eigenvalue weighted by Crippen LogP contribution is 2.39. The highest BCUT2D eigenvalue weighted by atomic mass is 16.3. The molecule has 1 atom stereocenters. The van der Waals surface area contributed by atoms with Crippen LogP contribution >= 0.6 is 0 Å². The van der Waals surface area contributed by atoms with E-state index in [1.165, 1.54) is 12.3 Å². The molecule has 1 N–H and O–H groups in total. The topological polar surface area (TPSA) is 74.0 Å². The average Bonchev–Trinajstić information content (AvgIpc) is 3.25. The monoisotopic (exact) mass is 368 g/mol. The summed E-state index contributed by atoms with van der Waals surface area (Å²) in [6.07, 6.45) is 2.13. The number of amides is 1. The van der Waals surface area contributed by atoms with Crippen molar-refractivity contribution >= 4 is 11.7 Å². The molecule has 6 heteroatoms. The molecule has 1 aliphatic rings. The number of furan rings is 1. The lowest BCUT2D eigenvalue weighted by atomic mass is 9.94. The third-order valence-electron chi connectivity index (χ3n) is 4.69. The summed E-state index contributed by atoms with van der Waals surface area (Å²) in [6.45, 7) is 3.21. The number of Topliss-reactive ketones (excluding diaryl/α,β-unsaturated/α-hetero) is 1. The maximum atomic E-state index is 12.9. The van der Waals surface area contributed by atoms with E-state index in [-0.39, 0.29) is 11.3 Å². The smallest absolute Gasteiger partial charge is 0.290 e. The minimum Gasteiger partial charge on any atom is -0.503 e. The molecule has 1 aromatic heterocycles. The Morgan fingerprint density at radius 2 is 1.93 bits per heavy atom. The van der Waals surface area contributed by atoms with Gasteiger partial charge in [0.05, 0.1) is 17.9 Å². The number of aryl methyl sites for hydroxylation is 1. The van der Waals surface area contributed by atoms with Gasteiger partial charge in [-0.3, -0.25) is 9.59 Å². The van der Waals surface area contributed by atoms with E-state index >= 15 is 0 Å². The van der Waals surface area contributed by atoms with Crippen LogP contribution in [0, 0.1) is 6.92 Å². The molecular formula is C21H24N2O4. The number of carbonyl (C=O) groups excluding carboxylic acids is 2. The van der Waals surface area contributed by atoms with Crippen LogP contribution in [0.2, 0.25) is 0 Å². The van der Waals surface area contributed by atoms with Crippen molar-refractivity contribution in [3.8, 4) is 0 Å². The Labute approximate surface area is 158 Å². The van der Waals surface area contributed by atoms with Crippen LogP contribution in [0.5, 0.6) is 0 Å². The Morgan fingerprint density at radius 3 is 2.52 bits per heavy atom. The van der Waals surface area contributed by atoms with Crippen LogP contribution in [-0.4, -0.2) is 53.8 Å². The lowest BCUT2D eigenvalue weighted by Crippen LogP contribution is -2.33. The van der Waals surface area contributed by atoms with Crippen LogP contribution in [0.4, 0.5) is 0 Å². The Balaban J connectivity index is 1.99. The Hall–Kier alpha value is -2.86. The maximum Gasteiger partial charge on any atom is 0.290 e. The van der Waals surface area contributed by atoms with Crippen molar-refractivity contribution in [2.45, 2.75) is 19.4 Å². The molecule has 2 heterocycles. The number of rotatable bonds is 7. The van der Waals surface area contributed by atoms with Crippen molar-refractivity contribution < 1.29 is 19.1 Å². The number of carbonyl (C=O) groups is 2. The van der Waals surface area contributed by atoms with Gasteiger partial charge in [-0.2, -0.15) is 0 Å². The molecule has 27 heavy (non-hydrogen) atoms. The van der Waals surface area contributed by atoms with Crippen molar-refractivity contribution in [3.63, 3.8) is 0 Å². The summed E-state index contributed by atoms with van der Waals surface area (Å²) < 4.78 is 5.21. The van der Waals surface area contributed by atoms with Crippen molar-refractivity contribution in [2.75, 3.05) is 27.2 Å². The molecule has 1 amide bonds. The van der Waals surface area contributed by atoms with Crippen molar-refractivity contribution in [3.05, 3.63) is 70.9 Å². The summed E-state index contributed by atoms with van der Waals surface area (Å²) in [7, 11) is 3.93. The highest BCUT2D eigenvalue weighted by Gasteiger charge is 2.44. The zero-order valence-electron chi connectivity index (χ0n) is 15.8. The standard InChI is InChI=1S/C21H24N2O4/c1-14-7-9-15(10-8-14)18-17(19(24)16-6-4-13-27-16)20(25)21(26)23(18)12-5-11-22(2)3/h4,6-10,13,18,25H,5,11-12H2,1-3H3/t18-/m0/s1. The average molecular weight is 368 g/mol. The summed E-state index contributed by atoms with van der Waals surface area (Å²) in [6, 6.07) is 10.2. The number of hydrogen-bond donors (Lipinski definition) is 1. The van der Waals surface area contributed by atoms with Gasteiger partial charge in [-0.15, -0.1) is 0 Å². The number of hydrogen-bond acceptors (Lipinski definition) is 5. The molecular weight excluding hydrogens is 344 g/mol. The Kier molecular flexibility index (Phi) is 5.46. The molecule has 0 saturated heterocycles. The van der Waals surface area contributed by atoms with Crippen LogP contribution in [0.3, 0.4) is 0 Å². The fraction of sp³-hybridized carbons (Fsp3) is 0.333. The van der Waals surface area contributed by atoms with E-state index in [1.807, 2.05) is 50.2 Å². The van der Waals surface area contributed by atoms with Crippen LogP contribution in [0.25, 0.3) is 0 Å². The maximum absolute atomic E-state index is 12.9. The fourth-order valence-corrected chi connectivity index (χ4v) is 3.31. The highest BCUT2D eigenvalue weighted by molar-refractivity contribution is 6.14. The zero-order valence-corrected chi connectivity index (χ0v) is 15.8. The number of nitrogens with zero attached hydrogens (tertiary/aromatic N) is 2. The summed E-state index contributed by atoms with van der Waals surface area (Å²) in [4.78, 5) is 29.3. The summed E-state index contributed by atoms with van der Waals surface area (Å²) >= 11 is 0. The van der Waals surface area contributed by atoms with Crippen molar-refractivity contribution in [1.29, 1.82) is 0 Å². The molecule has 1 aromatic carbocycles. The van der Waals surface area contributed by atoms with E-state index in [9.17, 15) is 14.7 Å². The van der Waals surface area contributed by atoms with Crippen LogP contribution in [0.15, 0.2) is 58.4 Å². The minimum atomic E-state index is -0.627. The van der Waals surface area contributed by atoms with E-state index in [4.69, 9.17) is 4.42 Å². The van der Waals surface area contributed by atoms with Crippen LogP contribution < -0.4 is 0 Å². The first kappa shape index (κ1) is 18.9. The third kappa shape index (κ3) is 3.80. The van der Waals surface area contributed by atoms with Gasteiger partial charge in [0.15, 0.2) is 11.5 Å². The second-order valence-corrected chi connectivity index (χ2v) is 7.04. The van der Waals surface area contributed by atoms with E-state index in [2.05, 4.69) is 0 Å². The molecule has 0 fully saturated rings. The van der Waals surface area contributed by atoms with Crippen LogP contribution in [-0.2, 0) is 4.79 Å². The molecule has 0 bridgehead atoms. The second kappa shape index (κ2) is 7.80. The third-order valence-corrected chi connectivity index (χ3v) is 4.69. The molecule has 0 radical (unpaired) electrons. The largest absolute Gasteiger partial charge is 0.503 e. The lowest BCUT2D eigenvalue weighted by Gasteiger charge is -2.27. The lowest BCUT2D eigenvalue weighted by molar-refractivity contribution is -0.129. The van der Waals surface area contributed by atoms with Gasteiger partial charge in [-0.1, -0.05) is 29.8 Å². The molecule has 2 aromatic rings. The van der Waals surface area contributed by atoms with E-state index in [1.54, 1.807) is 11.0 Å². The molecule has 3 rings (SSSR count). The van der Waals surface area contributed by atoms with E-state index < -0.39 is 23.5 Å². The number of benzene rings is 1. The first-order valence-corrected chi connectivity index (χ1v) is 8.93. The Morgan fingerprint density at radius 1 is 1.22 bits per heavy atom. The molecule has 0 unspecified atom stereocenters. The predicted octanol–water partition coefficient (Wildman–Crippen LogP) is 3.12.